The molecule has 1 atom stereocenters. The molecule has 0 spiro atoms. The largest absolute Gasteiger partial charge is 0.507 e. The Bertz CT molecular complexity index is 1910. The maximum Gasteiger partial charge on any atom is 0.312 e. The van der Waals surface area contributed by atoms with Crippen molar-refractivity contribution in [1.29, 1.82) is 0 Å². The van der Waals surface area contributed by atoms with Crippen molar-refractivity contribution in [3.05, 3.63) is 99.7 Å². The van der Waals surface area contributed by atoms with Crippen LogP contribution in [0.4, 0.5) is 0 Å². The van der Waals surface area contributed by atoms with Gasteiger partial charge in [-0.15, -0.1) is 0 Å². The third-order valence-electron chi connectivity index (χ3n) is 7.13. The number of ether oxygens (including phenoxy) is 3. The van der Waals surface area contributed by atoms with Crippen LogP contribution in [-0.2, 0) is 11.4 Å². The molecular weight excluding hydrogens is 544 g/mol. The predicted molar refractivity (Wildman–Crippen MR) is 150 cm³/mol. The van der Waals surface area contributed by atoms with Crippen molar-refractivity contribution >= 4 is 16.9 Å². The molecule has 1 unspecified atom stereocenters. The lowest BCUT2D eigenvalue weighted by Crippen LogP contribution is -2.22. The molecule has 1 aliphatic heterocycles. The number of hydrogen-bond acceptors (Lipinski definition) is 10. The van der Waals surface area contributed by atoms with E-state index in [-0.39, 0.29) is 41.1 Å². The number of phenols is 3. The fourth-order valence-electron chi connectivity index (χ4n) is 5.08. The molecule has 0 aliphatic carbocycles. The summed E-state index contributed by atoms with van der Waals surface area (Å²) in [5.74, 6) is -2.99. The molecule has 212 valence electrons. The minimum absolute atomic E-state index is 0.0165. The zero-order valence-electron chi connectivity index (χ0n) is 22.2. The first-order valence-corrected chi connectivity index (χ1v) is 12.9. The van der Waals surface area contributed by atoms with E-state index in [1.807, 2.05) is 30.3 Å². The molecule has 6 rings (SSSR count). The molecule has 0 saturated carbocycles. The fourth-order valence-corrected chi connectivity index (χ4v) is 5.08. The number of hydrogen-bond donors (Lipinski definition) is 4. The van der Waals surface area contributed by atoms with Gasteiger partial charge in [-0.05, 0) is 41.5 Å². The van der Waals surface area contributed by atoms with Crippen molar-refractivity contribution in [2.45, 2.75) is 18.9 Å². The summed E-state index contributed by atoms with van der Waals surface area (Å²) >= 11 is 0. The Balaban J connectivity index is 1.53. The molecule has 0 radical (unpaired) electrons. The number of carbonyl (C=O) groups is 1. The van der Waals surface area contributed by atoms with Crippen LogP contribution in [0.25, 0.3) is 22.3 Å². The van der Waals surface area contributed by atoms with Gasteiger partial charge in [0.2, 0.25) is 11.2 Å². The number of fused-ring (bicyclic) bond motifs is 3. The molecule has 4 aromatic carbocycles. The zero-order chi connectivity index (χ0) is 29.5. The van der Waals surface area contributed by atoms with E-state index in [0.29, 0.717) is 22.6 Å². The molecule has 4 N–H and O–H groups in total. The maximum atomic E-state index is 13.3. The highest BCUT2D eigenvalue weighted by Crippen LogP contribution is 2.48. The minimum atomic E-state index is -0.934. The average Bonchev–Trinajstić information content (AvgIpc) is 2.98. The Labute approximate surface area is 238 Å². The van der Waals surface area contributed by atoms with Gasteiger partial charge in [0.05, 0.1) is 13.5 Å². The van der Waals surface area contributed by atoms with Crippen LogP contribution in [-0.4, -0.2) is 33.5 Å². The number of esters is 1. The SMILES string of the molecule is COc1ccc(C2CC(=O)Oc3cc(O)c4c(=O)c(O)c(-c5ccc(O)c(O)c5)oc4c32)cc1OCc1ccccc1. The van der Waals surface area contributed by atoms with Gasteiger partial charge in [0.1, 0.15) is 29.1 Å². The smallest absolute Gasteiger partial charge is 0.312 e. The molecule has 0 amide bonds. The standard InChI is InChI=1S/C32H24O10/c1-39-23-10-8-17(12-24(23)40-15-16-5-3-2-4-6-16)19-13-26(36)41-25-14-22(35)28-29(37)30(38)31(42-32(28)27(19)25)18-7-9-20(33)21(34)11-18/h2-12,14,19,33-35,38H,13,15H2,1H3. The molecule has 10 nitrogen and oxygen atoms in total. The summed E-state index contributed by atoms with van der Waals surface area (Å²) in [4.78, 5) is 26.0. The van der Waals surface area contributed by atoms with Crippen molar-refractivity contribution in [3.63, 3.8) is 0 Å². The van der Waals surface area contributed by atoms with Gasteiger partial charge in [0, 0.05) is 23.1 Å². The average molecular weight is 569 g/mol. The Kier molecular flexibility index (Phi) is 6.58. The highest BCUT2D eigenvalue weighted by Gasteiger charge is 2.35. The topological polar surface area (TPSA) is 156 Å². The van der Waals surface area contributed by atoms with Gasteiger partial charge in [0.25, 0.3) is 0 Å². The van der Waals surface area contributed by atoms with E-state index in [0.717, 1.165) is 17.7 Å². The number of phenolic OH excluding ortho intramolecular Hbond substituents is 3. The Hall–Kier alpha value is -5.64. The molecule has 1 aromatic heterocycles. The van der Waals surface area contributed by atoms with Crippen molar-refractivity contribution in [2.75, 3.05) is 7.11 Å². The lowest BCUT2D eigenvalue weighted by atomic mass is 9.85. The molecule has 1 aliphatic rings. The second kappa shape index (κ2) is 10.4. The Morgan fingerprint density at radius 1 is 0.857 bits per heavy atom. The van der Waals surface area contributed by atoms with Gasteiger partial charge in [0.15, 0.2) is 28.8 Å². The van der Waals surface area contributed by atoms with Crippen LogP contribution < -0.4 is 19.6 Å². The molecule has 2 heterocycles. The minimum Gasteiger partial charge on any atom is -0.507 e. The fraction of sp³-hybridized carbons (Fsp3) is 0.125. The molecule has 5 aromatic rings. The van der Waals surface area contributed by atoms with E-state index < -0.39 is 40.3 Å². The van der Waals surface area contributed by atoms with Crippen molar-refractivity contribution in [1.82, 2.24) is 0 Å². The van der Waals surface area contributed by atoms with Crippen LogP contribution in [0, 0.1) is 0 Å². The third kappa shape index (κ3) is 4.58. The van der Waals surface area contributed by atoms with Crippen LogP contribution in [0.2, 0.25) is 0 Å². The lowest BCUT2D eigenvalue weighted by molar-refractivity contribution is -0.135. The number of aromatic hydroxyl groups is 4. The monoisotopic (exact) mass is 568 g/mol. The number of rotatable bonds is 6. The summed E-state index contributed by atoms with van der Waals surface area (Å²) in [5.41, 5.74) is 0.884. The van der Waals surface area contributed by atoms with Crippen molar-refractivity contribution in [3.8, 4) is 51.6 Å². The third-order valence-corrected chi connectivity index (χ3v) is 7.13. The molecule has 10 heteroatoms. The number of methoxy groups -OCH3 is 1. The summed E-state index contributed by atoms with van der Waals surface area (Å²) in [5, 5.41) is 40.9. The summed E-state index contributed by atoms with van der Waals surface area (Å²) in [6.07, 6.45) is -0.128. The first-order chi connectivity index (χ1) is 20.2. The molecule has 0 bridgehead atoms. The van der Waals surface area contributed by atoms with Gasteiger partial charge < -0.3 is 39.1 Å². The van der Waals surface area contributed by atoms with E-state index in [1.165, 1.54) is 19.2 Å². The van der Waals surface area contributed by atoms with E-state index in [9.17, 15) is 30.0 Å². The highest BCUT2D eigenvalue weighted by molar-refractivity contribution is 5.94. The molecular formula is C32H24O10. The maximum absolute atomic E-state index is 13.3. The van der Waals surface area contributed by atoms with E-state index in [2.05, 4.69) is 0 Å². The van der Waals surface area contributed by atoms with Crippen molar-refractivity contribution < 1.29 is 43.8 Å². The van der Waals surface area contributed by atoms with Gasteiger partial charge in [-0.25, -0.2) is 0 Å². The summed E-state index contributed by atoms with van der Waals surface area (Å²) in [7, 11) is 1.51. The van der Waals surface area contributed by atoms with Gasteiger partial charge >= 0.3 is 5.97 Å². The van der Waals surface area contributed by atoms with Crippen LogP contribution in [0.1, 0.15) is 29.0 Å². The number of carbonyl (C=O) groups excluding carboxylic acids is 1. The summed E-state index contributed by atoms with van der Waals surface area (Å²) in [6.45, 7) is 0.262. The molecule has 0 fully saturated rings. The van der Waals surface area contributed by atoms with Gasteiger partial charge in [-0.3, -0.25) is 9.59 Å². The van der Waals surface area contributed by atoms with Crippen LogP contribution >= 0.6 is 0 Å². The lowest BCUT2D eigenvalue weighted by Gasteiger charge is -2.26. The quantitative estimate of drug-likeness (QED) is 0.120. The van der Waals surface area contributed by atoms with Gasteiger partial charge in [-0.2, -0.15) is 0 Å². The Morgan fingerprint density at radius 3 is 2.38 bits per heavy atom. The second-order valence-corrected chi connectivity index (χ2v) is 9.74. The van der Waals surface area contributed by atoms with E-state index in [1.54, 1.807) is 18.2 Å². The van der Waals surface area contributed by atoms with Crippen LogP contribution in [0.15, 0.2) is 82.0 Å². The molecule has 42 heavy (non-hydrogen) atoms. The first kappa shape index (κ1) is 26.6. The molecule has 0 saturated heterocycles. The summed E-state index contributed by atoms with van der Waals surface area (Å²) in [6, 6.07) is 19.5. The normalized spacial score (nSPS) is 14.3. The summed E-state index contributed by atoms with van der Waals surface area (Å²) < 4.78 is 23.1. The first-order valence-electron chi connectivity index (χ1n) is 12.9. The van der Waals surface area contributed by atoms with Crippen LogP contribution in [0.5, 0.6) is 40.2 Å². The number of benzene rings is 4. The second-order valence-electron chi connectivity index (χ2n) is 9.74. The highest BCUT2D eigenvalue weighted by atomic mass is 16.5. The predicted octanol–water partition coefficient (Wildman–Crippen LogP) is 5.31. The van der Waals surface area contributed by atoms with Gasteiger partial charge in [-0.1, -0.05) is 36.4 Å². The van der Waals surface area contributed by atoms with E-state index in [4.69, 9.17) is 18.6 Å². The van der Waals surface area contributed by atoms with Crippen LogP contribution in [0.3, 0.4) is 0 Å². The van der Waals surface area contributed by atoms with E-state index >= 15 is 0 Å². The Morgan fingerprint density at radius 2 is 1.64 bits per heavy atom. The zero-order valence-corrected chi connectivity index (χ0v) is 22.2. The van der Waals surface area contributed by atoms with Crippen molar-refractivity contribution in [2.24, 2.45) is 0 Å².